The average molecular weight is 402 g/mol. The molecular weight excluding hydrogens is 380 g/mol. The molecule has 0 fully saturated rings. The van der Waals surface area contributed by atoms with E-state index in [1.807, 2.05) is 55.6 Å². The smallest absolute Gasteiger partial charge is 0.221 e. The molecule has 3 N–H and O–H groups in total. The molecule has 3 aromatic rings. The zero-order valence-corrected chi connectivity index (χ0v) is 16.1. The van der Waals surface area contributed by atoms with E-state index in [4.69, 9.17) is 4.74 Å². The second-order valence-electron chi connectivity index (χ2n) is 6.28. The number of carbonyl (C=O) groups excluding carboxylic acids is 1. The monoisotopic (exact) mass is 401 g/mol. The molecule has 130 valence electrons. The van der Waals surface area contributed by atoms with Gasteiger partial charge < -0.3 is 15.0 Å². The SMILES string of the molecule is COc1ccc([C@@H](C)[NH2+][C@@H](C)C(=O)c2c[nH]c3ccccc23)cc1Br. The summed E-state index contributed by atoms with van der Waals surface area (Å²) in [5, 5.41) is 3.07. The fraction of sp³-hybridized carbons (Fsp3) is 0.250. The number of carbonyl (C=O) groups is 1. The summed E-state index contributed by atoms with van der Waals surface area (Å²) in [7, 11) is 1.65. The first-order valence-corrected chi connectivity index (χ1v) is 9.09. The van der Waals surface area contributed by atoms with E-state index in [1.165, 1.54) is 0 Å². The van der Waals surface area contributed by atoms with E-state index in [0.717, 1.165) is 32.3 Å². The first kappa shape index (κ1) is 17.7. The standard InChI is InChI=1S/C20H21BrN2O2/c1-12(14-8-9-19(25-3)17(21)10-14)23-13(2)20(24)16-11-22-18-7-5-4-6-15(16)18/h4-13,22-23H,1-3H3/p+1/t12-,13+/m1/s1. The van der Waals surface area contributed by atoms with Crippen molar-refractivity contribution < 1.29 is 14.8 Å². The molecule has 1 heterocycles. The number of ether oxygens (including phenoxy) is 1. The molecule has 2 aromatic carbocycles. The number of methoxy groups -OCH3 is 1. The summed E-state index contributed by atoms with van der Waals surface area (Å²) in [5.41, 5.74) is 2.89. The van der Waals surface area contributed by atoms with Crippen LogP contribution in [0.3, 0.4) is 0 Å². The number of rotatable bonds is 6. The van der Waals surface area contributed by atoms with E-state index in [1.54, 1.807) is 7.11 Å². The van der Waals surface area contributed by atoms with Crippen molar-refractivity contribution in [2.45, 2.75) is 25.9 Å². The van der Waals surface area contributed by atoms with Gasteiger partial charge in [0.05, 0.1) is 11.6 Å². The van der Waals surface area contributed by atoms with Crippen LogP contribution < -0.4 is 10.1 Å². The van der Waals surface area contributed by atoms with Crippen LogP contribution in [0.2, 0.25) is 0 Å². The summed E-state index contributed by atoms with van der Waals surface area (Å²) in [6.07, 6.45) is 1.81. The fourth-order valence-electron chi connectivity index (χ4n) is 3.12. The van der Waals surface area contributed by atoms with E-state index in [-0.39, 0.29) is 17.9 Å². The second kappa shape index (κ2) is 7.42. The molecule has 0 spiro atoms. The van der Waals surface area contributed by atoms with E-state index in [2.05, 4.69) is 33.2 Å². The van der Waals surface area contributed by atoms with Gasteiger partial charge in [-0.15, -0.1) is 0 Å². The number of nitrogens with two attached hydrogens (primary N) is 1. The number of benzene rings is 2. The Morgan fingerprint density at radius 3 is 2.68 bits per heavy atom. The van der Waals surface area contributed by atoms with Gasteiger partial charge >= 0.3 is 0 Å². The number of quaternary nitrogens is 1. The minimum Gasteiger partial charge on any atom is -0.496 e. The minimum atomic E-state index is -0.171. The third-order valence-electron chi connectivity index (χ3n) is 4.55. The van der Waals surface area contributed by atoms with E-state index < -0.39 is 0 Å². The van der Waals surface area contributed by atoms with Crippen molar-refractivity contribution in [1.29, 1.82) is 0 Å². The number of nitrogens with one attached hydrogen (secondary N) is 1. The summed E-state index contributed by atoms with van der Waals surface area (Å²) in [6.45, 7) is 4.06. The molecule has 4 nitrogen and oxygen atoms in total. The average Bonchev–Trinajstić information content (AvgIpc) is 3.04. The van der Waals surface area contributed by atoms with Crippen molar-refractivity contribution in [3.63, 3.8) is 0 Å². The van der Waals surface area contributed by atoms with Crippen LogP contribution in [0.25, 0.3) is 10.9 Å². The Morgan fingerprint density at radius 1 is 1.20 bits per heavy atom. The zero-order valence-electron chi connectivity index (χ0n) is 14.5. The molecule has 2 atom stereocenters. The first-order valence-electron chi connectivity index (χ1n) is 8.30. The maximum absolute atomic E-state index is 12.9. The van der Waals surface area contributed by atoms with Gasteiger partial charge in [0.1, 0.15) is 17.8 Å². The molecule has 0 aliphatic carbocycles. The maximum atomic E-state index is 12.9. The van der Waals surface area contributed by atoms with Gasteiger partial charge in [-0.2, -0.15) is 0 Å². The number of H-pyrrole nitrogens is 1. The Balaban J connectivity index is 1.76. The minimum absolute atomic E-state index is 0.136. The number of halogens is 1. The number of hydrogen-bond donors (Lipinski definition) is 2. The van der Waals surface area contributed by atoms with Crippen molar-refractivity contribution in [3.05, 3.63) is 64.3 Å². The normalized spacial score (nSPS) is 13.6. The number of para-hydroxylation sites is 1. The highest BCUT2D eigenvalue weighted by Crippen LogP contribution is 2.27. The Bertz CT molecular complexity index is 904. The third kappa shape index (κ3) is 3.62. The summed E-state index contributed by atoms with van der Waals surface area (Å²) in [6, 6.07) is 13.9. The zero-order chi connectivity index (χ0) is 18.0. The highest BCUT2D eigenvalue weighted by atomic mass is 79.9. The molecule has 5 heteroatoms. The van der Waals surface area contributed by atoms with Gasteiger partial charge in [0, 0.05) is 28.2 Å². The lowest BCUT2D eigenvalue weighted by Gasteiger charge is -2.17. The van der Waals surface area contributed by atoms with Crippen LogP contribution in [0.5, 0.6) is 5.75 Å². The molecule has 0 unspecified atom stereocenters. The van der Waals surface area contributed by atoms with Crippen molar-refractivity contribution in [2.24, 2.45) is 0 Å². The van der Waals surface area contributed by atoms with Crippen LogP contribution in [0.4, 0.5) is 0 Å². The molecule has 0 amide bonds. The van der Waals surface area contributed by atoms with E-state index >= 15 is 0 Å². The summed E-state index contributed by atoms with van der Waals surface area (Å²) < 4.78 is 6.19. The number of Topliss-reactive ketones (excluding diaryl/α,β-unsaturated/α-hetero) is 1. The summed E-state index contributed by atoms with van der Waals surface area (Å²) in [5.74, 6) is 0.941. The summed E-state index contributed by atoms with van der Waals surface area (Å²) in [4.78, 5) is 16.0. The van der Waals surface area contributed by atoms with Gasteiger partial charge in [0.2, 0.25) is 5.78 Å². The molecule has 0 saturated carbocycles. The Kier molecular flexibility index (Phi) is 5.25. The largest absolute Gasteiger partial charge is 0.496 e. The van der Waals surface area contributed by atoms with Gasteiger partial charge in [-0.1, -0.05) is 18.2 Å². The number of aromatic nitrogens is 1. The third-order valence-corrected chi connectivity index (χ3v) is 5.17. The highest BCUT2D eigenvalue weighted by molar-refractivity contribution is 9.10. The molecule has 0 aliphatic rings. The van der Waals surface area contributed by atoms with Crippen molar-refractivity contribution in [2.75, 3.05) is 7.11 Å². The lowest BCUT2D eigenvalue weighted by atomic mass is 10.0. The lowest BCUT2D eigenvalue weighted by molar-refractivity contribution is -0.709. The van der Waals surface area contributed by atoms with E-state index in [0.29, 0.717) is 0 Å². The molecule has 0 radical (unpaired) electrons. The van der Waals surface area contributed by atoms with Crippen LogP contribution in [0, 0.1) is 0 Å². The van der Waals surface area contributed by atoms with E-state index in [9.17, 15) is 4.79 Å². The first-order chi connectivity index (χ1) is 12.0. The molecule has 3 rings (SSSR count). The second-order valence-corrected chi connectivity index (χ2v) is 7.13. The topological polar surface area (TPSA) is 58.7 Å². The van der Waals surface area contributed by atoms with Crippen molar-refractivity contribution >= 4 is 32.6 Å². The molecular formula is C20H22BrN2O2+. The highest BCUT2D eigenvalue weighted by Gasteiger charge is 2.24. The number of ketones is 1. The fourth-order valence-corrected chi connectivity index (χ4v) is 3.68. The van der Waals surface area contributed by atoms with Crippen LogP contribution in [0.15, 0.2) is 53.1 Å². The van der Waals surface area contributed by atoms with Gasteiger partial charge in [-0.25, -0.2) is 0 Å². The Labute approximate surface area is 155 Å². The maximum Gasteiger partial charge on any atom is 0.221 e. The van der Waals surface area contributed by atoms with Gasteiger partial charge in [0.15, 0.2) is 0 Å². The molecule has 1 aromatic heterocycles. The van der Waals surface area contributed by atoms with Gasteiger partial charge in [-0.05, 0) is 54.0 Å². The molecule has 0 bridgehead atoms. The number of hydrogen-bond acceptors (Lipinski definition) is 2. The van der Waals surface area contributed by atoms with Crippen molar-refractivity contribution in [3.8, 4) is 5.75 Å². The van der Waals surface area contributed by atoms with Crippen LogP contribution in [-0.4, -0.2) is 23.9 Å². The number of fused-ring (bicyclic) bond motifs is 1. The van der Waals surface area contributed by atoms with Gasteiger partial charge in [-0.3, -0.25) is 4.79 Å². The Hall–Kier alpha value is -2.11. The lowest BCUT2D eigenvalue weighted by Crippen LogP contribution is -2.91. The van der Waals surface area contributed by atoms with Crippen molar-refractivity contribution in [1.82, 2.24) is 4.98 Å². The van der Waals surface area contributed by atoms with Crippen LogP contribution >= 0.6 is 15.9 Å². The predicted octanol–water partition coefficient (Wildman–Crippen LogP) is 3.83. The number of aromatic amines is 1. The Morgan fingerprint density at radius 2 is 1.96 bits per heavy atom. The van der Waals surface area contributed by atoms with Gasteiger partial charge in [0.25, 0.3) is 0 Å². The molecule has 0 saturated heterocycles. The van der Waals surface area contributed by atoms with Crippen LogP contribution in [0.1, 0.15) is 35.8 Å². The van der Waals surface area contributed by atoms with Crippen LogP contribution in [-0.2, 0) is 0 Å². The summed E-state index contributed by atoms with van der Waals surface area (Å²) >= 11 is 3.52. The predicted molar refractivity (Wildman–Crippen MR) is 103 cm³/mol. The molecule has 0 aliphatic heterocycles. The quantitative estimate of drug-likeness (QED) is 0.616. The molecule has 25 heavy (non-hydrogen) atoms.